The third kappa shape index (κ3) is 2.15. The standard InChI is InChI=1S/C7H12N2O4/c1-13-6-2-3-9(8-12)4-5(6)7(10)11/h5-6H,2-4H2,1H3,(H,10,11). The van der Waals surface area contributed by atoms with Crippen molar-refractivity contribution in [2.24, 2.45) is 11.2 Å². The lowest BCUT2D eigenvalue weighted by molar-refractivity contribution is -0.150. The zero-order chi connectivity index (χ0) is 9.84. The Morgan fingerprint density at radius 3 is 2.85 bits per heavy atom. The van der Waals surface area contributed by atoms with Gasteiger partial charge in [-0.05, 0) is 6.42 Å². The van der Waals surface area contributed by atoms with Gasteiger partial charge in [0.1, 0.15) is 5.92 Å². The minimum absolute atomic E-state index is 0.136. The number of carboxylic acids is 1. The zero-order valence-corrected chi connectivity index (χ0v) is 7.34. The number of carboxylic acid groups (broad SMARTS) is 1. The summed E-state index contributed by atoms with van der Waals surface area (Å²) in [5.74, 6) is -1.60. The molecule has 2 atom stereocenters. The van der Waals surface area contributed by atoms with Gasteiger partial charge in [0.15, 0.2) is 0 Å². The molecule has 1 fully saturated rings. The molecule has 6 nitrogen and oxygen atoms in total. The summed E-state index contributed by atoms with van der Waals surface area (Å²) in [5.41, 5.74) is 0. The predicted octanol–water partition coefficient (Wildman–Crippen LogP) is 0.0893. The quantitative estimate of drug-likeness (QED) is 0.635. The van der Waals surface area contributed by atoms with Crippen LogP contribution in [0.3, 0.4) is 0 Å². The first-order valence-corrected chi connectivity index (χ1v) is 4.03. The highest BCUT2D eigenvalue weighted by Crippen LogP contribution is 2.19. The summed E-state index contributed by atoms with van der Waals surface area (Å²) in [5, 5.41) is 12.7. The maximum absolute atomic E-state index is 10.7. The van der Waals surface area contributed by atoms with Gasteiger partial charge in [0, 0.05) is 13.7 Å². The Kier molecular flexibility index (Phi) is 3.18. The van der Waals surface area contributed by atoms with Crippen LogP contribution in [0.15, 0.2) is 5.29 Å². The summed E-state index contributed by atoms with van der Waals surface area (Å²) in [6.07, 6.45) is 0.217. The molecule has 0 bridgehead atoms. The summed E-state index contributed by atoms with van der Waals surface area (Å²) in [4.78, 5) is 20.9. The van der Waals surface area contributed by atoms with E-state index in [1.165, 1.54) is 12.1 Å². The van der Waals surface area contributed by atoms with Crippen LogP contribution in [0.2, 0.25) is 0 Å². The van der Waals surface area contributed by atoms with Gasteiger partial charge in [-0.15, -0.1) is 4.91 Å². The molecule has 0 aromatic rings. The van der Waals surface area contributed by atoms with Gasteiger partial charge < -0.3 is 9.84 Å². The number of methoxy groups -OCH3 is 1. The highest BCUT2D eigenvalue weighted by atomic mass is 16.5. The van der Waals surface area contributed by atoms with Crippen LogP contribution >= 0.6 is 0 Å². The topological polar surface area (TPSA) is 79.2 Å². The lowest BCUT2D eigenvalue weighted by Gasteiger charge is -2.31. The van der Waals surface area contributed by atoms with E-state index >= 15 is 0 Å². The fourth-order valence-electron chi connectivity index (χ4n) is 1.51. The summed E-state index contributed by atoms with van der Waals surface area (Å²) in [6.45, 7) is 0.600. The second kappa shape index (κ2) is 4.18. The van der Waals surface area contributed by atoms with Crippen LogP contribution < -0.4 is 0 Å². The Morgan fingerprint density at radius 2 is 2.38 bits per heavy atom. The molecular weight excluding hydrogens is 176 g/mol. The van der Waals surface area contributed by atoms with Crippen LogP contribution in [-0.4, -0.2) is 42.4 Å². The average molecular weight is 188 g/mol. The van der Waals surface area contributed by atoms with Crippen molar-refractivity contribution in [2.75, 3.05) is 20.2 Å². The molecule has 1 aliphatic heterocycles. The van der Waals surface area contributed by atoms with Gasteiger partial charge >= 0.3 is 5.97 Å². The van der Waals surface area contributed by atoms with Crippen LogP contribution in [-0.2, 0) is 9.53 Å². The number of nitroso groups, excluding NO2 is 1. The molecule has 13 heavy (non-hydrogen) atoms. The lowest BCUT2D eigenvalue weighted by atomic mass is 9.96. The minimum Gasteiger partial charge on any atom is -0.481 e. The highest BCUT2D eigenvalue weighted by molar-refractivity contribution is 5.71. The van der Waals surface area contributed by atoms with Gasteiger partial charge in [-0.25, -0.2) is 0 Å². The van der Waals surface area contributed by atoms with Crippen LogP contribution in [0, 0.1) is 10.8 Å². The number of ether oxygens (including phenoxy) is 1. The van der Waals surface area contributed by atoms with Gasteiger partial charge in [0.05, 0.1) is 17.9 Å². The first kappa shape index (κ1) is 9.91. The van der Waals surface area contributed by atoms with E-state index in [4.69, 9.17) is 9.84 Å². The normalized spacial score (nSPS) is 28.5. The number of hydrogen-bond donors (Lipinski definition) is 1. The molecule has 0 saturated carbocycles. The van der Waals surface area contributed by atoms with E-state index in [2.05, 4.69) is 5.29 Å². The highest BCUT2D eigenvalue weighted by Gasteiger charge is 2.34. The second-order valence-corrected chi connectivity index (χ2v) is 3.00. The van der Waals surface area contributed by atoms with Crippen molar-refractivity contribution in [1.29, 1.82) is 0 Å². The lowest BCUT2D eigenvalue weighted by Crippen LogP contribution is -2.45. The molecule has 0 spiro atoms. The number of rotatable bonds is 3. The largest absolute Gasteiger partial charge is 0.481 e. The molecule has 1 heterocycles. The Hall–Kier alpha value is -1.17. The third-order valence-electron chi connectivity index (χ3n) is 2.26. The first-order chi connectivity index (χ1) is 6.19. The molecule has 0 aromatic carbocycles. The van der Waals surface area contributed by atoms with E-state index in [9.17, 15) is 9.70 Å². The van der Waals surface area contributed by atoms with E-state index in [0.29, 0.717) is 13.0 Å². The maximum Gasteiger partial charge on any atom is 0.311 e. The molecule has 1 aliphatic rings. The van der Waals surface area contributed by atoms with Gasteiger partial charge in [-0.2, -0.15) is 0 Å². The van der Waals surface area contributed by atoms with Crippen LogP contribution in [0.4, 0.5) is 0 Å². The van der Waals surface area contributed by atoms with E-state index in [1.807, 2.05) is 0 Å². The molecule has 0 aromatic heterocycles. The number of piperidine rings is 1. The molecule has 0 radical (unpaired) electrons. The number of nitrogens with zero attached hydrogens (tertiary/aromatic N) is 2. The molecule has 0 amide bonds. The molecule has 2 unspecified atom stereocenters. The van der Waals surface area contributed by atoms with Crippen molar-refractivity contribution < 1.29 is 14.6 Å². The van der Waals surface area contributed by atoms with Crippen molar-refractivity contribution in [1.82, 2.24) is 5.01 Å². The number of hydrogen-bond acceptors (Lipinski definition) is 4. The molecule has 74 valence electrons. The van der Waals surface area contributed by atoms with Gasteiger partial charge in [0.2, 0.25) is 0 Å². The van der Waals surface area contributed by atoms with Crippen molar-refractivity contribution in [3.63, 3.8) is 0 Å². The fraction of sp³-hybridized carbons (Fsp3) is 0.857. The third-order valence-corrected chi connectivity index (χ3v) is 2.26. The molecule has 6 heteroatoms. The van der Waals surface area contributed by atoms with Crippen molar-refractivity contribution in [3.8, 4) is 0 Å². The zero-order valence-electron chi connectivity index (χ0n) is 7.34. The van der Waals surface area contributed by atoms with E-state index in [1.54, 1.807) is 0 Å². The summed E-state index contributed by atoms with van der Waals surface area (Å²) < 4.78 is 5.01. The Labute approximate surface area is 75.4 Å². The number of carbonyl (C=O) groups is 1. The predicted molar refractivity (Wildman–Crippen MR) is 43.9 cm³/mol. The fourth-order valence-corrected chi connectivity index (χ4v) is 1.51. The van der Waals surface area contributed by atoms with Gasteiger partial charge in [-0.3, -0.25) is 9.80 Å². The van der Waals surface area contributed by atoms with Crippen LogP contribution in [0.1, 0.15) is 6.42 Å². The molecule has 1 rings (SSSR count). The Balaban J connectivity index is 2.62. The van der Waals surface area contributed by atoms with Gasteiger partial charge in [0.25, 0.3) is 0 Å². The van der Waals surface area contributed by atoms with Crippen molar-refractivity contribution in [2.45, 2.75) is 12.5 Å². The monoisotopic (exact) mass is 188 g/mol. The first-order valence-electron chi connectivity index (χ1n) is 4.03. The molecule has 1 saturated heterocycles. The van der Waals surface area contributed by atoms with Crippen LogP contribution in [0.5, 0.6) is 0 Å². The molecular formula is C7H12N2O4. The summed E-state index contributed by atoms with van der Waals surface area (Å²) in [7, 11) is 1.48. The summed E-state index contributed by atoms with van der Waals surface area (Å²) >= 11 is 0. The molecule has 1 N–H and O–H groups in total. The van der Waals surface area contributed by atoms with E-state index in [0.717, 1.165) is 0 Å². The van der Waals surface area contributed by atoms with Crippen molar-refractivity contribution in [3.05, 3.63) is 4.91 Å². The average Bonchev–Trinajstić information content (AvgIpc) is 2.16. The number of aliphatic carboxylic acids is 1. The minimum atomic E-state index is -0.944. The van der Waals surface area contributed by atoms with E-state index in [-0.39, 0.29) is 12.6 Å². The Bertz CT molecular complexity index is 209. The Morgan fingerprint density at radius 1 is 1.69 bits per heavy atom. The van der Waals surface area contributed by atoms with E-state index < -0.39 is 11.9 Å². The van der Waals surface area contributed by atoms with Crippen LogP contribution in [0.25, 0.3) is 0 Å². The smallest absolute Gasteiger partial charge is 0.311 e. The maximum atomic E-state index is 10.7. The van der Waals surface area contributed by atoms with Crippen molar-refractivity contribution >= 4 is 5.97 Å². The van der Waals surface area contributed by atoms with Gasteiger partial charge in [-0.1, -0.05) is 0 Å². The SMILES string of the molecule is COC1CCN(N=O)CC1C(=O)O. The molecule has 0 aliphatic carbocycles. The second-order valence-electron chi connectivity index (χ2n) is 3.00. The summed E-state index contributed by atoms with van der Waals surface area (Å²) in [6, 6.07) is 0.